The average Bonchev–Trinajstić information content (AvgIpc) is 2.03. The summed E-state index contributed by atoms with van der Waals surface area (Å²) >= 11 is 0. The third-order valence-corrected chi connectivity index (χ3v) is 1.36. The molecular formula is C8H15NO2. The number of unbranched alkanes of at least 4 members (excludes halogenated alkanes) is 1. The zero-order chi connectivity index (χ0) is 8.69. The molecule has 1 unspecified atom stereocenters. The van der Waals surface area contributed by atoms with Gasteiger partial charge in [-0.3, -0.25) is 4.79 Å². The minimum Gasteiger partial charge on any atom is -0.465 e. The number of hydrogen-bond acceptors (Lipinski definition) is 3. The van der Waals surface area contributed by atoms with Gasteiger partial charge in [0.15, 0.2) is 0 Å². The Morgan fingerprint density at radius 2 is 2.36 bits per heavy atom. The third-order valence-electron chi connectivity index (χ3n) is 1.36. The lowest BCUT2D eigenvalue weighted by molar-refractivity contribution is -0.145. The molecule has 0 aliphatic heterocycles. The van der Waals surface area contributed by atoms with Crippen LogP contribution >= 0.6 is 0 Å². The largest absolute Gasteiger partial charge is 0.465 e. The van der Waals surface area contributed by atoms with E-state index in [-0.39, 0.29) is 5.97 Å². The SMILES string of the molecule is CCCCOC(=O)C(C)C=N. The maximum atomic E-state index is 10.9. The summed E-state index contributed by atoms with van der Waals surface area (Å²) < 4.78 is 4.84. The van der Waals surface area contributed by atoms with E-state index in [1.54, 1.807) is 6.92 Å². The summed E-state index contributed by atoms with van der Waals surface area (Å²) in [6.07, 6.45) is 3.01. The van der Waals surface area contributed by atoms with Gasteiger partial charge in [0.1, 0.15) is 0 Å². The van der Waals surface area contributed by atoms with E-state index in [1.165, 1.54) is 0 Å². The van der Waals surface area contributed by atoms with Gasteiger partial charge in [0.05, 0.1) is 12.5 Å². The van der Waals surface area contributed by atoms with E-state index < -0.39 is 5.92 Å². The fourth-order valence-corrected chi connectivity index (χ4v) is 0.517. The molecule has 64 valence electrons. The van der Waals surface area contributed by atoms with Gasteiger partial charge in [0.2, 0.25) is 0 Å². The van der Waals surface area contributed by atoms with Crippen LogP contribution in [0.3, 0.4) is 0 Å². The van der Waals surface area contributed by atoms with Gasteiger partial charge in [-0.05, 0) is 13.3 Å². The van der Waals surface area contributed by atoms with Crippen LogP contribution in [0.5, 0.6) is 0 Å². The number of carbonyl (C=O) groups excluding carboxylic acids is 1. The zero-order valence-corrected chi connectivity index (χ0v) is 7.09. The molecule has 0 aliphatic carbocycles. The maximum Gasteiger partial charge on any atom is 0.314 e. The van der Waals surface area contributed by atoms with Gasteiger partial charge in [0, 0.05) is 6.21 Å². The first-order valence-corrected chi connectivity index (χ1v) is 3.89. The lowest BCUT2D eigenvalue weighted by Gasteiger charge is -2.05. The topological polar surface area (TPSA) is 50.2 Å². The van der Waals surface area contributed by atoms with Gasteiger partial charge in [-0.2, -0.15) is 0 Å². The lowest BCUT2D eigenvalue weighted by atomic mass is 10.2. The molecule has 0 spiro atoms. The number of esters is 1. The Hall–Kier alpha value is -0.860. The summed E-state index contributed by atoms with van der Waals surface area (Å²) in [5.41, 5.74) is 0. The van der Waals surface area contributed by atoms with Crippen LogP contribution in [0, 0.1) is 11.3 Å². The number of rotatable bonds is 5. The highest BCUT2D eigenvalue weighted by Gasteiger charge is 2.09. The molecule has 0 fully saturated rings. The van der Waals surface area contributed by atoms with Gasteiger partial charge < -0.3 is 10.1 Å². The monoisotopic (exact) mass is 157 g/mol. The number of ether oxygens (including phenoxy) is 1. The molecule has 0 amide bonds. The maximum absolute atomic E-state index is 10.9. The van der Waals surface area contributed by atoms with E-state index in [1.807, 2.05) is 6.92 Å². The molecule has 0 aliphatic rings. The zero-order valence-electron chi connectivity index (χ0n) is 7.09. The van der Waals surface area contributed by atoms with Gasteiger partial charge in [-0.1, -0.05) is 13.3 Å². The van der Waals surface area contributed by atoms with Gasteiger partial charge in [-0.15, -0.1) is 0 Å². The average molecular weight is 157 g/mol. The van der Waals surface area contributed by atoms with Crippen LogP contribution in [0.25, 0.3) is 0 Å². The van der Waals surface area contributed by atoms with E-state index in [2.05, 4.69) is 0 Å². The highest BCUT2D eigenvalue weighted by molar-refractivity contribution is 5.88. The van der Waals surface area contributed by atoms with Crippen molar-refractivity contribution in [1.82, 2.24) is 0 Å². The molecule has 0 aromatic rings. The van der Waals surface area contributed by atoms with E-state index in [4.69, 9.17) is 10.1 Å². The lowest BCUT2D eigenvalue weighted by Crippen LogP contribution is -2.15. The smallest absolute Gasteiger partial charge is 0.314 e. The molecule has 1 atom stereocenters. The van der Waals surface area contributed by atoms with Crippen LogP contribution in [-0.2, 0) is 9.53 Å². The minimum absolute atomic E-state index is 0.298. The Bertz CT molecular complexity index is 134. The molecule has 0 bridgehead atoms. The molecule has 0 radical (unpaired) electrons. The quantitative estimate of drug-likeness (QED) is 0.374. The normalized spacial score (nSPS) is 12.2. The van der Waals surface area contributed by atoms with Gasteiger partial charge in [-0.25, -0.2) is 0 Å². The Morgan fingerprint density at radius 1 is 1.73 bits per heavy atom. The van der Waals surface area contributed by atoms with Crippen LogP contribution in [-0.4, -0.2) is 18.8 Å². The Labute approximate surface area is 67.3 Å². The van der Waals surface area contributed by atoms with Crippen molar-refractivity contribution in [3.05, 3.63) is 0 Å². The molecule has 1 N–H and O–H groups in total. The van der Waals surface area contributed by atoms with Crippen molar-refractivity contribution in [3.63, 3.8) is 0 Å². The molecular weight excluding hydrogens is 142 g/mol. The van der Waals surface area contributed by atoms with Crippen LogP contribution in [0.1, 0.15) is 26.7 Å². The summed E-state index contributed by atoms with van der Waals surface area (Å²) in [7, 11) is 0. The van der Waals surface area contributed by atoms with Crippen LogP contribution in [0.4, 0.5) is 0 Å². The molecule has 11 heavy (non-hydrogen) atoms. The highest BCUT2D eigenvalue weighted by Crippen LogP contribution is 1.96. The fraction of sp³-hybridized carbons (Fsp3) is 0.750. The van der Waals surface area contributed by atoms with Gasteiger partial charge >= 0.3 is 5.97 Å². The Kier molecular flexibility index (Phi) is 5.43. The van der Waals surface area contributed by atoms with Crippen LogP contribution in [0.2, 0.25) is 0 Å². The third kappa shape index (κ3) is 4.53. The summed E-state index contributed by atoms with van der Waals surface area (Å²) in [5, 5.41) is 6.79. The summed E-state index contributed by atoms with van der Waals surface area (Å²) in [6.45, 7) is 4.17. The first-order chi connectivity index (χ1) is 5.22. The van der Waals surface area contributed by atoms with E-state index in [9.17, 15) is 4.79 Å². The van der Waals surface area contributed by atoms with E-state index >= 15 is 0 Å². The highest BCUT2D eigenvalue weighted by atomic mass is 16.5. The first kappa shape index (κ1) is 10.1. The summed E-state index contributed by atoms with van der Waals surface area (Å²) in [4.78, 5) is 10.9. The molecule has 3 nitrogen and oxygen atoms in total. The molecule has 0 aromatic heterocycles. The van der Waals surface area contributed by atoms with Crippen molar-refractivity contribution in [2.24, 2.45) is 5.92 Å². The van der Waals surface area contributed by atoms with Crippen molar-refractivity contribution < 1.29 is 9.53 Å². The van der Waals surface area contributed by atoms with Crippen molar-refractivity contribution in [1.29, 1.82) is 5.41 Å². The Morgan fingerprint density at radius 3 is 2.82 bits per heavy atom. The van der Waals surface area contributed by atoms with Crippen molar-refractivity contribution in [2.75, 3.05) is 6.61 Å². The predicted octanol–water partition coefficient (Wildman–Crippen LogP) is 1.62. The van der Waals surface area contributed by atoms with Crippen molar-refractivity contribution in [3.8, 4) is 0 Å². The van der Waals surface area contributed by atoms with E-state index in [0.29, 0.717) is 6.61 Å². The van der Waals surface area contributed by atoms with Crippen molar-refractivity contribution in [2.45, 2.75) is 26.7 Å². The standard InChI is InChI=1S/C8H15NO2/c1-3-4-5-11-8(10)7(2)6-9/h6-7,9H,3-5H2,1-2H3. The molecule has 0 aromatic carbocycles. The predicted molar refractivity (Wildman–Crippen MR) is 43.8 cm³/mol. The molecule has 0 rings (SSSR count). The Balaban J connectivity index is 3.44. The molecule has 0 heterocycles. The molecule has 0 saturated heterocycles. The minimum atomic E-state index is -0.396. The van der Waals surface area contributed by atoms with Gasteiger partial charge in [0.25, 0.3) is 0 Å². The second-order valence-corrected chi connectivity index (χ2v) is 2.48. The van der Waals surface area contributed by atoms with Crippen LogP contribution < -0.4 is 0 Å². The molecule has 0 saturated carbocycles. The van der Waals surface area contributed by atoms with Crippen LogP contribution in [0.15, 0.2) is 0 Å². The number of nitrogens with one attached hydrogen (secondary N) is 1. The summed E-state index contributed by atoms with van der Waals surface area (Å²) in [6, 6.07) is 0. The van der Waals surface area contributed by atoms with Crippen molar-refractivity contribution >= 4 is 12.2 Å². The second kappa shape index (κ2) is 5.89. The fourth-order valence-electron chi connectivity index (χ4n) is 0.517. The number of carbonyl (C=O) groups is 1. The number of hydrogen-bond donors (Lipinski definition) is 1. The van der Waals surface area contributed by atoms with E-state index in [0.717, 1.165) is 19.1 Å². The summed E-state index contributed by atoms with van der Waals surface area (Å²) in [5.74, 6) is -0.694. The molecule has 3 heteroatoms. The first-order valence-electron chi connectivity index (χ1n) is 3.89. The second-order valence-electron chi connectivity index (χ2n) is 2.48.